The predicted molar refractivity (Wildman–Crippen MR) is 109 cm³/mol. The van der Waals surface area contributed by atoms with E-state index in [1.807, 2.05) is 24.3 Å². The van der Waals surface area contributed by atoms with Crippen molar-refractivity contribution in [2.75, 3.05) is 5.32 Å². The number of pyridine rings is 1. The van der Waals surface area contributed by atoms with Gasteiger partial charge in [-0.05, 0) is 47.9 Å². The van der Waals surface area contributed by atoms with Crippen LogP contribution in [0, 0.1) is 0 Å². The summed E-state index contributed by atoms with van der Waals surface area (Å²) in [4.78, 5) is 35.8. The fourth-order valence-electron chi connectivity index (χ4n) is 2.79. The van der Waals surface area contributed by atoms with Crippen LogP contribution < -0.4 is 16.6 Å². The van der Waals surface area contributed by atoms with Crippen LogP contribution in [-0.4, -0.2) is 16.4 Å². The molecule has 0 saturated carbocycles. The van der Waals surface area contributed by atoms with Gasteiger partial charge in [0.25, 0.3) is 11.5 Å². The van der Waals surface area contributed by atoms with Crippen LogP contribution in [0.15, 0.2) is 71.7 Å². The van der Waals surface area contributed by atoms with E-state index in [-0.39, 0.29) is 11.5 Å². The Morgan fingerprint density at radius 3 is 2.11 bits per heavy atom. The fourth-order valence-corrected chi connectivity index (χ4v) is 2.79. The molecular weight excluding hydrogens is 354 g/mol. The van der Waals surface area contributed by atoms with Crippen LogP contribution in [-0.2, 0) is 13.0 Å². The topological polar surface area (TPSA) is 94.2 Å². The highest BCUT2D eigenvalue weighted by Gasteiger charge is 2.09. The maximum Gasteiger partial charge on any atom is 0.257 e. The summed E-state index contributed by atoms with van der Waals surface area (Å²) in [6.07, 6.45) is 2.50. The first-order valence-corrected chi connectivity index (χ1v) is 8.96. The van der Waals surface area contributed by atoms with E-state index in [0.717, 1.165) is 12.0 Å². The highest BCUT2D eigenvalue weighted by molar-refractivity contribution is 6.04. The monoisotopic (exact) mass is 375 g/mol. The van der Waals surface area contributed by atoms with Gasteiger partial charge >= 0.3 is 0 Å². The van der Waals surface area contributed by atoms with Gasteiger partial charge in [0, 0.05) is 23.5 Å². The zero-order valence-corrected chi connectivity index (χ0v) is 15.5. The van der Waals surface area contributed by atoms with Crippen LogP contribution in [0.5, 0.6) is 0 Å². The molecule has 3 aromatic rings. The van der Waals surface area contributed by atoms with Crippen molar-refractivity contribution in [3.63, 3.8) is 0 Å². The molecule has 3 rings (SSSR count). The van der Waals surface area contributed by atoms with Gasteiger partial charge in [-0.2, -0.15) is 0 Å². The summed E-state index contributed by atoms with van der Waals surface area (Å²) in [5, 5.41) is 2.74. The van der Waals surface area contributed by atoms with Crippen LogP contribution in [0.25, 0.3) is 0 Å². The Hall–Kier alpha value is -3.67. The normalized spacial score (nSPS) is 10.5. The molecule has 142 valence electrons. The molecule has 0 aliphatic rings. The van der Waals surface area contributed by atoms with Crippen LogP contribution in [0.2, 0.25) is 0 Å². The third-order valence-electron chi connectivity index (χ3n) is 4.46. The van der Waals surface area contributed by atoms with Crippen LogP contribution in [0.4, 0.5) is 5.69 Å². The molecule has 0 spiro atoms. The van der Waals surface area contributed by atoms with E-state index < -0.39 is 5.91 Å². The number of hydrogen-bond donors (Lipinski definition) is 2. The molecule has 6 heteroatoms. The number of carbonyl (C=O) groups excluding carboxylic acids is 2. The SMILES string of the molecule is CCc1ccc(Cn2cc(C(=O)Nc3ccc(C(N)=O)cc3)ccc2=O)cc1. The number of nitrogens with one attached hydrogen (secondary N) is 1. The minimum atomic E-state index is -0.531. The number of benzene rings is 2. The molecule has 0 aliphatic heterocycles. The molecule has 0 aliphatic carbocycles. The van der Waals surface area contributed by atoms with Crippen molar-refractivity contribution >= 4 is 17.5 Å². The van der Waals surface area contributed by atoms with Crippen LogP contribution in [0.3, 0.4) is 0 Å². The summed E-state index contributed by atoms with van der Waals surface area (Å²) in [6, 6.07) is 17.2. The Morgan fingerprint density at radius 1 is 0.893 bits per heavy atom. The highest BCUT2D eigenvalue weighted by Crippen LogP contribution is 2.12. The molecule has 2 amide bonds. The summed E-state index contributed by atoms with van der Waals surface area (Å²) in [5.74, 6) is -0.876. The lowest BCUT2D eigenvalue weighted by Gasteiger charge is -2.10. The molecule has 6 nitrogen and oxygen atoms in total. The van der Waals surface area contributed by atoms with Crippen molar-refractivity contribution in [2.45, 2.75) is 19.9 Å². The van der Waals surface area contributed by atoms with Crippen molar-refractivity contribution in [3.05, 3.63) is 99.5 Å². The number of anilines is 1. The summed E-state index contributed by atoms with van der Waals surface area (Å²) in [5.41, 5.74) is 8.50. The van der Waals surface area contributed by atoms with E-state index in [1.165, 1.54) is 22.3 Å². The third kappa shape index (κ3) is 4.54. The number of nitrogens with two attached hydrogens (primary N) is 1. The van der Waals surface area contributed by atoms with Crippen molar-refractivity contribution < 1.29 is 9.59 Å². The first-order chi connectivity index (χ1) is 13.5. The lowest BCUT2D eigenvalue weighted by Crippen LogP contribution is -2.22. The number of hydrogen-bond acceptors (Lipinski definition) is 3. The molecule has 28 heavy (non-hydrogen) atoms. The number of rotatable bonds is 6. The van der Waals surface area contributed by atoms with Gasteiger partial charge in [-0.3, -0.25) is 14.4 Å². The minimum absolute atomic E-state index is 0.179. The maximum absolute atomic E-state index is 12.5. The van der Waals surface area contributed by atoms with E-state index in [9.17, 15) is 14.4 Å². The van der Waals surface area contributed by atoms with Crippen molar-refractivity contribution in [3.8, 4) is 0 Å². The van der Waals surface area contributed by atoms with Gasteiger partial charge < -0.3 is 15.6 Å². The number of nitrogens with zero attached hydrogens (tertiary/aromatic N) is 1. The first-order valence-electron chi connectivity index (χ1n) is 8.96. The second-order valence-corrected chi connectivity index (χ2v) is 6.45. The van der Waals surface area contributed by atoms with E-state index in [4.69, 9.17) is 5.73 Å². The molecule has 1 heterocycles. The highest BCUT2D eigenvalue weighted by atomic mass is 16.2. The largest absolute Gasteiger partial charge is 0.366 e. The average molecular weight is 375 g/mol. The molecule has 3 N–H and O–H groups in total. The molecule has 1 aromatic heterocycles. The van der Waals surface area contributed by atoms with Gasteiger partial charge in [0.2, 0.25) is 5.91 Å². The number of amides is 2. The van der Waals surface area contributed by atoms with Crippen LogP contribution in [0.1, 0.15) is 38.8 Å². The third-order valence-corrected chi connectivity index (χ3v) is 4.46. The Bertz CT molecular complexity index is 1050. The zero-order chi connectivity index (χ0) is 20.1. The summed E-state index contributed by atoms with van der Waals surface area (Å²) in [7, 11) is 0. The summed E-state index contributed by atoms with van der Waals surface area (Å²) >= 11 is 0. The average Bonchev–Trinajstić information content (AvgIpc) is 2.70. The molecule has 0 fully saturated rings. The Labute approximate surface area is 162 Å². The van der Waals surface area contributed by atoms with Crippen molar-refractivity contribution in [1.29, 1.82) is 0 Å². The van der Waals surface area contributed by atoms with Gasteiger partial charge in [0.15, 0.2) is 0 Å². The molecule has 2 aromatic carbocycles. The van der Waals surface area contributed by atoms with E-state index in [0.29, 0.717) is 23.4 Å². The fraction of sp³-hybridized carbons (Fsp3) is 0.136. The first kappa shape index (κ1) is 19.1. The Kier molecular flexibility index (Phi) is 5.69. The van der Waals surface area contributed by atoms with Gasteiger partial charge in [-0.25, -0.2) is 0 Å². The number of aromatic nitrogens is 1. The van der Waals surface area contributed by atoms with E-state index in [2.05, 4.69) is 12.2 Å². The predicted octanol–water partition coefficient (Wildman–Crippen LogP) is 2.81. The van der Waals surface area contributed by atoms with Crippen LogP contribution >= 0.6 is 0 Å². The molecule has 0 atom stereocenters. The number of carbonyl (C=O) groups is 2. The molecule has 0 unspecified atom stereocenters. The molecule has 0 radical (unpaired) electrons. The number of aryl methyl sites for hydroxylation is 1. The standard InChI is InChI=1S/C22H21N3O3/c1-2-15-3-5-16(6-4-15)13-25-14-18(9-12-20(25)26)22(28)24-19-10-7-17(8-11-19)21(23)27/h3-12,14H,2,13H2,1H3,(H2,23,27)(H,24,28). The van der Waals surface area contributed by atoms with Crippen molar-refractivity contribution in [2.24, 2.45) is 5.73 Å². The Morgan fingerprint density at radius 2 is 1.50 bits per heavy atom. The van der Waals surface area contributed by atoms with E-state index in [1.54, 1.807) is 30.5 Å². The van der Waals surface area contributed by atoms with Gasteiger partial charge in [-0.1, -0.05) is 31.2 Å². The summed E-state index contributed by atoms with van der Waals surface area (Å²) in [6.45, 7) is 2.47. The van der Waals surface area contributed by atoms with Gasteiger partial charge in [0.05, 0.1) is 12.1 Å². The van der Waals surface area contributed by atoms with Gasteiger partial charge in [-0.15, -0.1) is 0 Å². The van der Waals surface area contributed by atoms with E-state index >= 15 is 0 Å². The second kappa shape index (κ2) is 8.35. The zero-order valence-electron chi connectivity index (χ0n) is 15.5. The second-order valence-electron chi connectivity index (χ2n) is 6.45. The smallest absolute Gasteiger partial charge is 0.257 e. The molecule has 0 saturated heterocycles. The van der Waals surface area contributed by atoms with Gasteiger partial charge in [0.1, 0.15) is 0 Å². The Balaban J connectivity index is 1.76. The summed E-state index contributed by atoms with van der Waals surface area (Å²) < 4.78 is 1.51. The lowest BCUT2D eigenvalue weighted by atomic mass is 10.1. The quantitative estimate of drug-likeness (QED) is 0.694. The lowest BCUT2D eigenvalue weighted by molar-refractivity contribution is 0.0998. The minimum Gasteiger partial charge on any atom is -0.366 e. The maximum atomic E-state index is 12.5. The molecule has 0 bridgehead atoms. The van der Waals surface area contributed by atoms with Crippen molar-refractivity contribution in [1.82, 2.24) is 4.57 Å². The molecular formula is C22H21N3O3. The number of primary amides is 1.